The molecule has 0 saturated heterocycles. The number of allylic oxidation sites excluding steroid dienone is 1. The van der Waals surface area contributed by atoms with Crippen LogP contribution in [0.4, 0.5) is 5.69 Å². The molecule has 0 aromatic heterocycles. The Morgan fingerprint density at radius 3 is 2.94 bits per heavy atom. The minimum Gasteiger partial charge on any atom is -0.463 e. The van der Waals surface area contributed by atoms with Gasteiger partial charge < -0.3 is 10.5 Å². The highest BCUT2D eigenvalue weighted by Gasteiger charge is 2.22. The number of hydrogen-bond acceptors (Lipinski definition) is 4. The van der Waals surface area contributed by atoms with Gasteiger partial charge in [0.1, 0.15) is 0 Å². The van der Waals surface area contributed by atoms with Crippen molar-refractivity contribution >= 4 is 17.4 Å². The number of nitrogen functional groups attached to an aromatic ring is 1. The van der Waals surface area contributed by atoms with E-state index < -0.39 is 5.97 Å². The predicted molar refractivity (Wildman–Crippen MR) is 68.2 cm³/mol. The van der Waals surface area contributed by atoms with Crippen molar-refractivity contribution in [3.05, 3.63) is 41.0 Å². The second kappa shape index (κ2) is 5.04. The molecule has 0 aliphatic heterocycles. The Morgan fingerprint density at radius 1 is 1.44 bits per heavy atom. The van der Waals surface area contributed by atoms with E-state index in [2.05, 4.69) is 0 Å². The second-order valence-electron chi connectivity index (χ2n) is 4.17. The smallest absolute Gasteiger partial charge is 0.331 e. The number of aryl methyl sites for hydroxylation is 1. The number of Topliss-reactive ketones (excluding diaryl/α,β-unsaturated/α-hetero) is 1. The van der Waals surface area contributed by atoms with Crippen LogP contribution in [0.2, 0.25) is 0 Å². The van der Waals surface area contributed by atoms with Gasteiger partial charge in [-0.15, -0.1) is 0 Å². The molecule has 18 heavy (non-hydrogen) atoms. The van der Waals surface area contributed by atoms with Gasteiger partial charge in [0.2, 0.25) is 0 Å². The molecule has 94 valence electrons. The SMILES string of the molecule is CCOC(=O)/C=C1\CCc2cc(N)ccc2C1=O. The largest absolute Gasteiger partial charge is 0.463 e. The molecule has 2 N–H and O–H groups in total. The van der Waals surface area contributed by atoms with Gasteiger partial charge in [-0.3, -0.25) is 4.79 Å². The highest BCUT2D eigenvalue weighted by Crippen LogP contribution is 2.26. The average molecular weight is 245 g/mol. The molecule has 4 nitrogen and oxygen atoms in total. The van der Waals surface area contributed by atoms with Crippen molar-refractivity contribution in [1.82, 2.24) is 0 Å². The van der Waals surface area contributed by atoms with Crippen molar-refractivity contribution in [1.29, 1.82) is 0 Å². The lowest BCUT2D eigenvalue weighted by Crippen LogP contribution is -2.16. The predicted octanol–water partition coefficient (Wildman–Crippen LogP) is 1.89. The monoisotopic (exact) mass is 245 g/mol. The number of esters is 1. The van der Waals surface area contributed by atoms with Crippen molar-refractivity contribution < 1.29 is 14.3 Å². The number of hydrogen-bond donors (Lipinski definition) is 1. The summed E-state index contributed by atoms with van der Waals surface area (Å²) in [7, 11) is 0. The fourth-order valence-corrected chi connectivity index (χ4v) is 2.06. The summed E-state index contributed by atoms with van der Waals surface area (Å²) in [6.07, 6.45) is 2.57. The van der Waals surface area contributed by atoms with Crippen LogP contribution >= 0.6 is 0 Å². The third kappa shape index (κ3) is 2.42. The van der Waals surface area contributed by atoms with E-state index in [9.17, 15) is 9.59 Å². The van der Waals surface area contributed by atoms with Crippen molar-refractivity contribution in [2.75, 3.05) is 12.3 Å². The lowest BCUT2D eigenvalue weighted by Gasteiger charge is -2.17. The standard InChI is InChI=1S/C14H15NO3/c1-2-18-13(16)8-10-4-3-9-7-11(15)5-6-12(9)14(10)17/h5-8H,2-4,15H2,1H3/b10-8+. The van der Waals surface area contributed by atoms with Crippen molar-refractivity contribution in [3.8, 4) is 0 Å². The Bertz CT molecular complexity index is 532. The molecular weight excluding hydrogens is 230 g/mol. The Kier molecular flexibility index (Phi) is 3.46. The summed E-state index contributed by atoms with van der Waals surface area (Å²) in [4.78, 5) is 23.5. The minimum atomic E-state index is -0.459. The first-order chi connectivity index (χ1) is 8.61. The number of anilines is 1. The van der Waals surface area contributed by atoms with E-state index in [0.29, 0.717) is 29.9 Å². The first-order valence-electron chi connectivity index (χ1n) is 5.92. The number of rotatable bonds is 2. The first kappa shape index (κ1) is 12.4. The normalized spacial score (nSPS) is 16.5. The van der Waals surface area contributed by atoms with Crippen LogP contribution in [-0.2, 0) is 16.0 Å². The van der Waals surface area contributed by atoms with Gasteiger partial charge in [0.25, 0.3) is 0 Å². The topological polar surface area (TPSA) is 69.4 Å². The van der Waals surface area contributed by atoms with Gasteiger partial charge in [0.05, 0.1) is 6.61 Å². The van der Waals surface area contributed by atoms with E-state index in [1.54, 1.807) is 19.1 Å². The summed E-state index contributed by atoms with van der Waals surface area (Å²) in [5.41, 5.74) is 8.42. The van der Waals surface area contributed by atoms with Gasteiger partial charge in [0, 0.05) is 22.9 Å². The minimum absolute atomic E-state index is 0.107. The zero-order valence-electron chi connectivity index (χ0n) is 10.2. The summed E-state index contributed by atoms with van der Waals surface area (Å²) in [5, 5.41) is 0. The highest BCUT2D eigenvalue weighted by molar-refractivity contribution is 6.13. The summed E-state index contributed by atoms with van der Waals surface area (Å²) < 4.78 is 4.81. The van der Waals surface area contributed by atoms with Gasteiger partial charge in [-0.05, 0) is 43.5 Å². The van der Waals surface area contributed by atoms with Crippen molar-refractivity contribution in [2.24, 2.45) is 0 Å². The fourth-order valence-electron chi connectivity index (χ4n) is 2.06. The van der Waals surface area contributed by atoms with Gasteiger partial charge in [0.15, 0.2) is 5.78 Å². The third-order valence-corrected chi connectivity index (χ3v) is 2.91. The van der Waals surface area contributed by atoms with Crippen LogP contribution in [0, 0.1) is 0 Å². The molecule has 0 atom stereocenters. The summed E-state index contributed by atoms with van der Waals surface area (Å²) in [6, 6.07) is 5.23. The number of carbonyl (C=O) groups excluding carboxylic acids is 2. The summed E-state index contributed by atoms with van der Waals surface area (Å²) in [5.74, 6) is -0.566. The van der Waals surface area contributed by atoms with Crippen LogP contribution in [0.1, 0.15) is 29.3 Å². The number of ether oxygens (including phenoxy) is 1. The van der Waals surface area contributed by atoms with E-state index in [0.717, 1.165) is 12.0 Å². The van der Waals surface area contributed by atoms with Crippen molar-refractivity contribution in [3.63, 3.8) is 0 Å². The molecule has 4 heteroatoms. The number of nitrogens with two attached hydrogens (primary N) is 1. The van der Waals surface area contributed by atoms with Crippen LogP contribution in [0.5, 0.6) is 0 Å². The Balaban J connectivity index is 2.28. The maximum absolute atomic E-state index is 12.2. The molecule has 0 radical (unpaired) electrons. The number of ketones is 1. The average Bonchev–Trinajstić information content (AvgIpc) is 2.33. The number of carbonyl (C=O) groups is 2. The van der Waals surface area contributed by atoms with Gasteiger partial charge in [-0.2, -0.15) is 0 Å². The van der Waals surface area contributed by atoms with Gasteiger partial charge in [-0.1, -0.05) is 0 Å². The maximum atomic E-state index is 12.2. The van der Waals surface area contributed by atoms with E-state index in [1.807, 2.05) is 6.07 Å². The van der Waals surface area contributed by atoms with E-state index in [1.165, 1.54) is 6.08 Å². The molecule has 0 unspecified atom stereocenters. The van der Waals surface area contributed by atoms with Crippen LogP contribution in [0.25, 0.3) is 0 Å². The second-order valence-corrected chi connectivity index (χ2v) is 4.17. The third-order valence-electron chi connectivity index (χ3n) is 2.91. The lowest BCUT2D eigenvalue weighted by atomic mass is 9.86. The zero-order valence-corrected chi connectivity index (χ0v) is 10.2. The van der Waals surface area contributed by atoms with Crippen LogP contribution < -0.4 is 5.73 Å². The Morgan fingerprint density at radius 2 is 2.22 bits per heavy atom. The first-order valence-corrected chi connectivity index (χ1v) is 5.92. The Hall–Kier alpha value is -2.10. The lowest BCUT2D eigenvalue weighted by molar-refractivity contribution is -0.137. The van der Waals surface area contributed by atoms with E-state index >= 15 is 0 Å². The summed E-state index contributed by atoms with van der Waals surface area (Å²) in [6.45, 7) is 2.04. The fraction of sp³-hybridized carbons (Fsp3) is 0.286. The molecule has 0 spiro atoms. The molecule has 1 aromatic carbocycles. The zero-order chi connectivity index (χ0) is 13.1. The molecule has 1 aliphatic rings. The Labute approximate surface area is 105 Å². The summed E-state index contributed by atoms with van der Waals surface area (Å²) >= 11 is 0. The molecule has 0 saturated carbocycles. The highest BCUT2D eigenvalue weighted by atomic mass is 16.5. The quantitative estimate of drug-likeness (QED) is 0.490. The maximum Gasteiger partial charge on any atom is 0.331 e. The molecule has 1 aromatic rings. The van der Waals surface area contributed by atoms with Gasteiger partial charge in [-0.25, -0.2) is 4.79 Å². The van der Waals surface area contributed by atoms with E-state index in [4.69, 9.17) is 10.5 Å². The molecule has 1 aliphatic carbocycles. The molecule has 0 fully saturated rings. The van der Waals surface area contributed by atoms with Crippen LogP contribution in [-0.4, -0.2) is 18.4 Å². The molecule has 2 rings (SSSR count). The number of benzene rings is 1. The van der Waals surface area contributed by atoms with Gasteiger partial charge >= 0.3 is 5.97 Å². The molecular formula is C14H15NO3. The van der Waals surface area contributed by atoms with Crippen LogP contribution in [0.15, 0.2) is 29.8 Å². The van der Waals surface area contributed by atoms with Crippen LogP contribution in [0.3, 0.4) is 0 Å². The molecule has 0 bridgehead atoms. The molecule has 0 heterocycles. The number of fused-ring (bicyclic) bond motifs is 1. The van der Waals surface area contributed by atoms with Crippen molar-refractivity contribution in [2.45, 2.75) is 19.8 Å². The molecule has 0 amide bonds. The van der Waals surface area contributed by atoms with E-state index in [-0.39, 0.29) is 5.78 Å².